The monoisotopic (exact) mass is 425 g/mol. The number of amides is 1. The molecule has 0 saturated carbocycles. The highest BCUT2D eigenvalue weighted by atomic mass is 32.2. The zero-order chi connectivity index (χ0) is 21.7. The number of hydrogen-bond acceptors (Lipinski definition) is 5. The van der Waals surface area contributed by atoms with Crippen molar-refractivity contribution in [1.29, 1.82) is 0 Å². The van der Waals surface area contributed by atoms with Crippen molar-refractivity contribution in [3.63, 3.8) is 0 Å². The third-order valence-electron chi connectivity index (χ3n) is 4.29. The third-order valence-corrected chi connectivity index (χ3v) is 5.69. The van der Waals surface area contributed by atoms with Gasteiger partial charge in [0.05, 0.1) is 16.2 Å². The molecule has 0 heterocycles. The fourth-order valence-corrected chi connectivity index (χ4v) is 3.83. The van der Waals surface area contributed by atoms with Crippen LogP contribution in [-0.2, 0) is 21.2 Å². The van der Waals surface area contributed by atoms with E-state index in [1.54, 1.807) is 30.3 Å². The zero-order valence-electron chi connectivity index (χ0n) is 16.0. The molecule has 3 rings (SSSR count). The van der Waals surface area contributed by atoms with Gasteiger partial charge in [-0.1, -0.05) is 35.9 Å². The normalized spacial score (nSPS) is 11.0. The zero-order valence-corrected chi connectivity index (χ0v) is 16.8. The van der Waals surface area contributed by atoms with Crippen LogP contribution in [0.25, 0.3) is 0 Å². The maximum atomic E-state index is 12.4. The predicted octanol–water partition coefficient (Wildman–Crippen LogP) is 3.89. The summed E-state index contributed by atoms with van der Waals surface area (Å²) in [5, 5.41) is 13.7. The van der Waals surface area contributed by atoms with Gasteiger partial charge in [0.25, 0.3) is 15.7 Å². The van der Waals surface area contributed by atoms with E-state index in [0.29, 0.717) is 16.9 Å². The van der Waals surface area contributed by atoms with Gasteiger partial charge in [-0.15, -0.1) is 0 Å². The lowest BCUT2D eigenvalue weighted by molar-refractivity contribution is -0.385. The molecule has 9 heteroatoms. The van der Waals surface area contributed by atoms with Crippen LogP contribution >= 0.6 is 0 Å². The maximum Gasteiger partial charge on any atom is 0.273 e. The molecule has 8 nitrogen and oxygen atoms in total. The number of para-hydroxylation sites is 1. The molecule has 0 unspecified atom stereocenters. The molecule has 0 fully saturated rings. The van der Waals surface area contributed by atoms with Crippen molar-refractivity contribution in [3.8, 4) is 0 Å². The molecule has 0 aliphatic heterocycles. The number of aryl methyl sites for hydroxylation is 1. The SMILES string of the molecule is Cc1ccc(S(=O)(=O)Nc2ccc(NC(=O)Cc3ccccc3[N+](=O)[O-])cc2)cc1. The van der Waals surface area contributed by atoms with E-state index in [4.69, 9.17) is 0 Å². The highest BCUT2D eigenvalue weighted by Crippen LogP contribution is 2.21. The van der Waals surface area contributed by atoms with E-state index in [1.165, 1.54) is 42.5 Å². The molecule has 0 radical (unpaired) electrons. The van der Waals surface area contributed by atoms with Crippen molar-refractivity contribution in [2.24, 2.45) is 0 Å². The second-order valence-corrected chi connectivity index (χ2v) is 8.29. The van der Waals surface area contributed by atoms with Crippen LogP contribution in [0, 0.1) is 17.0 Å². The molecule has 0 aromatic heterocycles. The van der Waals surface area contributed by atoms with Crippen LogP contribution in [0.3, 0.4) is 0 Å². The Morgan fingerprint density at radius 3 is 2.17 bits per heavy atom. The van der Waals surface area contributed by atoms with Gasteiger partial charge in [0.2, 0.25) is 5.91 Å². The Labute approximate surface area is 173 Å². The fourth-order valence-electron chi connectivity index (χ4n) is 2.77. The fraction of sp³-hybridized carbons (Fsp3) is 0.0952. The van der Waals surface area contributed by atoms with E-state index in [2.05, 4.69) is 10.0 Å². The molecule has 154 valence electrons. The Morgan fingerprint density at radius 2 is 1.53 bits per heavy atom. The molecule has 0 saturated heterocycles. The Hall–Kier alpha value is -3.72. The van der Waals surface area contributed by atoms with E-state index < -0.39 is 20.9 Å². The smallest absolute Gasteiger partial charge is 0.273 e. The molecule has 0 atom stereocenters. The van der Waals surface area contributed by atoms with Gasteiger partial charge in [0, 0.05) is 23.0 Å². The number of nitro groups is 1. The summed E-state index contributed by atoms with van der Waals surface area (Å²) in [4.78, 5) is 22.9. The molecule has 0 bridgehead atoms. The van der Waals surface area contributed by atoms with Crippen molar-refractivity contribution < 1.29 is 18.1 Å². The predicted molar refractivity (Wildman–Crippen MR) is 114 cm³/mol. The van der Waals surface area contributed by atoms with Gasteiger partial charge in [-0.2, -0.15) is 0 Å². The number of hydrogen-bond donors (Lipinski definition) is 2. The van der Waals surface area contributed by atoms with Crippen LogP contribution in [0.15, 0.2) is 77.7 Å². The van der Waals surface area contributed by atoms with E-state index in [0.717, 1.165) is 5.56 Å². The summed E-state index contributed by atoms with van der Waals surface area (Å²) in [6, 6.07) is 18.6. The Bertz CT molecular complexity index is 1170. The van der Waals surface area contributed by atoms with E-state index in [-0.39, 0.29) is 17.0 Å². The first kappa shape index (κ1) is 21.0. The van der Waals surface area contributed by atoms with Crippen LogP contribution in [0.4, 0.5) is 17.1 Å². The lowest BCUT2D eigenvalue weighted by Crippen LogP contribution is -2.15. The highest BCUT2D eigenvalue weighted by molar-refractivity contribution is 7.92. The summed E-state index contributed by atoms with van der Waals surface area (Å²) in [5.41, 5.74) is 1.93. The molecule has 3 aromatic rings. The highest BCUT2D eigenvalue weighted by Gasteiger charge is 2.16. The van der Waals surface area contributed by atoms with Crippen molar-refractivity contribution in [3.05, 3.63) is 94.0 Å². The molecule has 0 aliphatic carbocycles. The Kier molecular flexibility index (Phi) is 6.12. The number of benzene rings is 3. The number of carbonyl (C=O) groups excluding carboxylic acids is 1. The second-order valence-electron chi connectivity index (χ2n) is 6.61. The van der Waals surface area contributed by atoms with Crippen LogP contribution in [0.1, 0.15) is 11.1 Å². The number of nitro benzene ring substituents is 1. The second kappa shape index (κ2) is 8.75. The topological polar surface area (TPSA) is 118 Å². The summed E-state index contributed by atoms with van der Waals surface area (Å²) in [6.45, 7) is 1.87. The van der Waals surface area contributed by atoms with Gasteiger partial charge in [0.1, 0.15) is 0 Å². The minimum atomic E-state index is -3.72. The van der Waals surface area contributed by atoms with Gasteiger partial charge < -0.3 is 5.32 Å². The Balaban J connectivity index is 1.65. The number of nitrogens with zero attached hydrogens (tertiary/aromatic N) is 1. The number of nitrogens with one attached hydrogen (secondary N) is 2. The number of sulfonamides is 1. The number of anilines is 2. The van der Waals surface area contributed by atoms with Crippen LogP contribution in [0.5, 0.6) is 0 Å². The van der Waals surface area contributed by atoms with Crippen LogP contribution in [0.2, 0.25) is 0 Å². The van der Waals surface area contributed by atoms with Crippen molar-refractivity contribution in [2.75, 3.05) is 10.0 Å². The van der Waals surface area contributed by atoms with E-state index in [1.807, 2.05) is 6.92 Å². The summed E-state index contributed by atoms with van der Waals surface area (Å²) in [7, 11) is -3.72. The third kappa shape index (κ3) is 5.21. The van der Waals surface area contributed by atoms with Gasteiger partial charge >= 0.3 is 0 Å². The quantitative estimate of drug-likeness (QED) is 0.440. The molecular weight excluding hydrogens is 406 g/mol. The number of rotatable bonds is 7. The molecule has 3 aromatic carbocycles. The average Bonchev–Trinajstić information content (AvgIpc) is 2.70. The van der Waals surface area contributed by atoms with E-state index in [9.17, 15) is 23.3 Å². The maximum absolute atomic E-state index is 12.4. The first-order valence-corrected chi connectivity index (χ1v) is 10.4. The molecule has 0 aliphatic rings. The Morgan fingerprint density at radius 1 is 0.933 bits per heavy atom. The minimum absolute atomic E-state index is 0.117. The summed E-state index contributed by atoms with van der Waals surface area (Å²) in [6.07, 6.45) is -0.154. The lowest BCUT2D eigenvalue weighted by Gasteiger charge is -2.10. The van der Waals surface area contributed by atoms with Gasteiger partial charge in [-0.25, -0.2) is 8.42 Å². The molecular formula is C21H19N3O5S. The van der Waals surface area contributed by atoms with Gasteiger partial charge in [0.15, 0.2) is 0 Å². The largest absolute Gasteiger partial charge is 0.326 e. The lowest BCUT2D eigenvalue weighted by atomic mass is 10.1. The molecule has 30 heavy (non-hydrogen) atoms. The molecule has 2 N–H and O–H groups in total. The standard InChI is InChI=1S/C21H19N3O5S/c1-15-6-12-19(13-7-15)30(28,29)23-18-10-8-17(9-11-18)22-21(25)14-16-4-2-3-5-20(16)24(26)27/h2-13,23H,14H2,1H3,(H,22,25). The van der Waals surface area contributed by atoms with Crippen LogP contribution in [-0.4, -0.2) is 19.2 Å². The van der Waals surface area contributed by atoms with Crippen molar-refractivity contribution >= 4 is 33.0 Å². The van der Waals surface area contributed by atoms with Crippen LogP contribution < -0.4 is 10.0 Å². The van der Waals surface area contributed by atoms with Crippen molar-refractivity contribution in [1.82, 2.24) is 0 Å². The van der Waals surface area contributed by atoms with Gasteiger partial charge in [-0.05, 0) is 43.3 Å². The summed E-state index contributed by atoms with van der Waals surface area (Å²) < 4.78 is 27.3. The van der Waals surface area contributed by atoms with E-state index >= 15 is 0 Å². The number of carbonyl (C=O) groups is 1. The van der Waals surface area contributed by atoms with Crippen molar-refractivity contribution in [2.45, 2.75) is 18.2 Å². The first-order valence-electron chi connectivity index (χ1n) is 8.96. The molecule has 1 amide bonds. The summed E-state index contributed by atoms with van der Waals surface area (Å²) in [5.74, 6) is -0.419. The molecule has 0 spiro atoms. The van der Waals surface area contributed by atoms with Gasteiger partial charge in [-0.3, -0.25) is 19.6 Å². The average molecular weight is 425 g/mol. The first-order chi connectivity index (χ1) is 14.2. The minimum Gasteiger partial charge on any atom is -0.326 e. The summed E-state index contributed by atoms with van der Waals surface area (Å²) >= 11 is 0.